The maximum Gasteiger partial charge on any atom is 0.343 e. The molecular weight excluding hydrogens is 1050 g/mol. The molecule has 5 aliphatic rings. The molecular formula is C76H76N4O5. The summed E-state index contributed by atoms with van der Waals surface area (Å²) in [7, 11) is 1.79. The number of unbranched alkanes of at least 4 members (excludes halogenated alkanes) is 5. The molecule has 0 N–H and O–H groups in total. The zero-order valence-electron chi connectivity index (χ0n) is 49.6. The summed E-state index contributed by atoms with van der Waals surface area (Å²) in [5, 5.41) is 0. The smallest absolute Gasteiger partial charge is 0.343 e. The van der Waals surface area contributed by atoms with Crippen LogP contribution >= 0.6 is 0 Å². The van der Waals surface area contributed by atoms with Crippen molar-refractivity contribution in [2.45, 2.75) is 70.8 Å². The number of rotatable bonds is 18. The highest BCUT2D eigenvalue weighted by Gasteiger charge is 2.49. The maximum atomic E-state index is 13.4. The molecule has 9 nitrogen and oxygen atoms in total. The number of nitrogens with zero attached hydrogens (tertiary/aromatic N) is 4. The van der Waals surface area contributed by atoms with Gasteiger partial charge in [-0.1, -0.05) is 150 Å². The minimum atomic E-state index is -0.389. The Morgan fingerprint density at radius 3 is 1.73 bits per heavy atom. The minimum absolute atomic E-state index is 0.306. The first-order chi connectivity index (χ1) is 41.7. The second-order valence-corrected chi connectivity index (χ2v) is 23.7. The Balaban J connectivity index is 0.716. The highest BCUT2D eigenvalue weighted by Crippen LogP contribution is 2.62. The van der Waals surface area contributed by atoms with Crippen molar-refractivity contribution in [3.63, 3.8) is 0 Å². The number of benzene rings is 8. The number of hydrogen-bond donors (Lipinski definition) is 0. The molecule has 0 spiro atoms. The lowest BCUT2D eigenvalue weighted by Crippen LogP contribution is -2.46. The van der Waals surface area contributed by atoms with Crippen LogP contribution in [0.5, 0.6) is 17.2 Å². The monoisotopic (exact) mass is 1120 g/mol. The summed E-state index contributed by atoms with van der Waals surface area (Å²) < 4.78 is 25.8. The Hall–Kier alpha value is -8.95. The van der Waals surface area contributed by atoms with E-state index in [1.807, 2.05) is 48.5 Å². The summed E-state index contributed by atoms with van der Waals surface area (Å²) in [4.78, 5) is 23.2. The molecule has 8 aromatic carbocycles. The van der Waals surface area contributed by atoms with Crippen LogP contribution in [-0.2, 0) is 10.2 Å². The molecule has 2 fully saturated rings. The van der Waals surface area contributed by atoms with Gasteiger partial charge in [-0.2, -0.15) is 0 Å². The zero-order chi connectivity index (χ0) is 57.9. The Bertz CT molecular complexity index is 3760. The number of esters is 1. The molecule has 0 aromatic heterocycles. The lowest BCUT2D eigenvalue weighted by Gasteiger charge is -2.41. The van der Waals surface area contributed by atoms with Crippen LogP contribution in [-0.4, -0.2) is 72.0 Å². The van der Waals surface area contributed by atoms with Crippen LogP contribution in [0.2, 0.25) is 0 Å². The van der Waals surface area contributed by atoms with Crippen molar-refractivity contribution in [3.05, 3.63) is 250 Å². The Labute approximate surface area is 502 Å². The van der Waals surface area contributed by atoms with Crippen LogP contribution in [0.25, 0.3) is 28.0 Å². The van der Waals surface area contributed by atoms with Gasteiger partial charge in [-0.05, 0) is 160 Å². The maximum absolute atomic E-state index is 13.4. The number of hydrogen-bond acceptors (Lipinski definition) is 9. The van der Waals surface area contributed by atoms with Crippen LogP contribution in [0, 0.1) is 0 Å². The van der Waals surface area contributed by atoms with Crippen molar-refractivity contribution < 1.29 is 23.7 Å². The molecule has 1 atom stereocenters. The first-order valence-corrected chi connectivity index (χ1v) is 30.8. The quantitative estimate of drug-likeness (QED) is 0.0475. The van der Waals surface area contributed by atoms with Gasteiger partial charge in [0.05, 0.1) is 25.0 Å². The third-order valence-electron chi connectivity index (χ3n) is 18.1. The van der Waals surface area contributed by atoms with Crippen molar-refractivity contribution in [1.29, 1.82) is 0 Å². The molecule has 0 bridgehead atoms. The Kier molecular flexibility index (Phi) is 15.8. The average molecular weight is 1130 g/mol. The van der Waals surface area contributed by atoms with E-state index in [-0.39, 0.29) is 17.5 Å². The Morgan fingerprint density at radius 2 is 1.08 bits per heavy atom. The largest absolute Gasteiger partial charge is 0.495 e. The molecule has 85 heavy (non-hydrogen) atoms. The van der Waals surface area contributed by atoms with E-state index >= 15 is 0 Å². The van der Waals surface area contributed by atoms with Gasteiger partial charge in [0.2, 0.25) is 0 Å². The second kappa shape index (κ2) is 24.3. The van der Waals surface area contributed by atoms with Gasteiger partial charge in [0.1, 0.15) is 23.0 Å². The predicted octanol–water partition coefficient (Wildman–Crippen LogP) is 16.6. The fourth-order valence-corrected chi connectivity index (χ4v) is 13.5. The van der Waals surface area contributed by atoms with Crippen LogP contribution in [0.4, 0.5) is 22.7 Å². The molecule has 0 amide bonds. The van der Waals surface area contributed by atoms with Crippen LogP contribution in [0.1, 0.15) is 109 Å². The SMILES string of the molecule is CCCCCCCCOc1ccc(-c2ccc(C(=O)Oc3ccc(N4CCN(c5cc6c(cc5OC)C5OC(c7ccc(N8CCN(c9ccccc9)CC8)cc7)=CC(c7ccccc7)=C5C5=C6c6ccccc6C5(C)C)CC4)cc3)cc2)cc1. The summed E-state index contributed by atoms with van der Waals surface area (Å²) in [6.45, 7) is 14.8. The van der Waals surface area contributed by atoms with Gasteiger partial charge in [-0.25, -0.2) is 4.79 Å². The standard InChI is InChI=1S/C76H76N4O5/c1-5-6-7-8-9-18-49-83-61-37-31-54(32-38-61)53-25-27-57(28-26-53)75(81)84-62-39-35-60(36-40-62)79-45-47-80(48-46-79)68-50-65-66(52-70(68)82-4)74-72(73-71(65)63-23-16-17-24-67(63)76(73,2)3)64(55-19-12-10-13-20-55)51-69(85-74)56-29-33-59(34-30-56)78-43-41-77(42-44-78)58-21-14-11-15-22-58/h10-17,19-40,50-52,74H,5-9,18,41-49H2,1-4H3. The number of anilines is 4. The predicted molar refractivity (Wildman–Crippen MR) is 348 cm³/mol. The molecule has 2 aliphatic carbocycles. The van der Waals surface area contributed by atoms with Crippen LogP contribution in [0.3, 0.4) is 0 Å². The Morgan fingerprint density at radius 1 is 0.541 bits per heavy atom. The van der Waals surface area contributed by atoms with E-state index in [4.69, 9.17) is 18.9 Å². The number of carbonyl (C=O) groups excluding carboxylic acids is 1. The van der Waals surface area contributed by atoms with Gasteiger partial charge in [0.25, 0.3) is 0 Å². The molecule has 13 rings (SSSR count). The summed E-state index contributed by atoms with van der Waals surface area (Å²) in [5.74, 6) is 2.70. The van der Waals surface area contributed by atoms with Crippen molar-refractivity contribution >= 4 is 45.6 Å². The van der Waals surface area contributed by atoms with E-state index in [1.165, 1.54) is 88.0 Å². The highest BCUT2D eigenvalue weighted by molar-refractivity contribution is 6.02. The molecule has 9 heteroatoms. The second-order valence-electron chi connectivity index (χ2n) is 23.7. The van der Waals surface area contributed by atoms with E-state index in [0.29, 0.717) is 11.3 Å². The van der Waals surface area contributed by atoms with Crippen LogP contribution < -0.4 is 33.8 Å². The summed E-state index contributed by atoms with van der Waals surface area (Å²) in [6.07, 6.45) is 9.35. The topological polar surface area (TPSA) is 67.0 Å². The van der Waals surface area contributed by atoms with Crippen molar-refractivity contribution in [1.82, 2.24) is 0 Å². The first-order valence-electron chi connectivity index (χ1n) is 30.8. The number of allylic oxidation sites excluding steroid dienone is 2. The summed E-state index contributed by atoms with van der Waals surface area (Å²) in [6, 6.07) is 67.9. The minimum Gasteiger partial charge on any atom is -0.495 e. The van der Waals surface area contributed by atoms with Crippen molar-refractivity contribution in [2.24, 2.45) is 0 Å². The van der Waals surface area contributed by atoms with Gasteiger partial charge in [-0.15, -0.1) is 0 Å². The average Bonchev–Trinajstić information content (AvgIpc) is 2.10. The van der Waals surface area contributed by atoms with Crippen LogP contribution in [0.15, 0.2) is 211 Å². The van der Waals surface area contributed by atoms with Gasteiger partial charge in [0.15, 0.2) is 6.10 Å². The number of ether oxygens (including phenoxy) is 4. The highest BCUT2D eigenvalue weighted by atomic mass is 16.5. The van der Waals surface area contributed by atoms with E-state index in [0.717, 1.165) is 116 Å². The van der Waals surface area contributed by atoms with E-state index < -0.39 is 0 Å². The molecule has 8 aromatic rings. The number of methoxy groups -OCH3 is 1. The fraction of sp³-hybridized carbons (Fsp3) is 0.276. The first kappa shape index (κ1) is 55.3. The molecule has 0 saturated carbocycles. The summed E-state index contributed by atoms with van der Waals surface area (Å²) in [5.41, 5.74) is 19.1. The van der Waals surface area contributed by atoms with E-state index in [2.05, 4.69) is 192 Å². The third kappa shape index (κ3) is 11.2. The number of fused-ring (bicyclic) bond motifs is 7. The molecule has 430 valence electrons. The lowest BCUT2D eigenvalue weighted by atomic mass is 9.69. The molecule has 3 heterocycles. The molecule has 2 saturated heterocycles. The molecule has 1 unspecified atom stereocenters. The van der Waals surface area contributed by atoms with Crippen molar-refractivity contribution in [3.8, 4) is 28.4 Å². The molecule has 0 radical (unpaired) electrons. The lowest BCUT2D eigenvalue weighted by molar-refractivity contribution is 0.0734. The van der Waals surface area contributed by atoms with Crippen molar-refractivity contribution in [2.75, 3.05) is 85.7 Å². The van der Waals surface area contributed by atoms with E-state index in [1.54, 1.807) is 7.11 Å². The number of para-hydroxylation sites is 1. The van der Waals surface area contributed by atoms with E-state index in [9.17, 15) is 4.79 Å². The van der Waals surface area contributed by atoms with Gasteiger partial charge in [-0.3, -0.25) is 0 Å². The normalized spacial score (nSPS) is 16.9. The van der Waals surface area contributed by atoms with Gasteiger partial charge < -0.3 is 38.5 Å². The zero-order valence-corrected chi connectivity index (χ0v) is 49.6. The number of piperazine rings is 2. The molecule has 3 aliphatic heterocycles. The third-order valence-corrected chi connectivity index (χ3v) is 18.1. The van der Waals surface area contributed by atoms with Gasteiger partial charge in [0, 0.05) is 91.5 Å². The number of carbonyl (C=O) groups is 1. The fourth-order valence-electron chi connectivity index (χ4n) is 13.5. The van der Waals surface area contributed by atoms with Gasteiger partial charge >= 0.3 is 5.97 Å². The summed E-state index contributed by atoms with van der Waals surface area (Å²) >= 11 is 0.